The van der Waals surface area contributed by atoms with E-state index in [-0.39, 0.29) is 51.3 Å². The zero-order valence-corrected chi connectivity index (χ0v) is 16.3. The molecule has 0 spiro atoms. The summed E-state index contributed by atoms with van der Waals surface area (Å²) >= 11 is 0. The van der Waals surface area contributed by atoms with Gasteiger partial charge in [0.2, 0.25) is 0 Å². The minimum Gasteiger partial charge on any atom is -0.466 e. The number of amides is 1. The lowest BCUT2D eigenvalue weighted by atomic mass is 9.75. The molecule has 8 nitrogen and oxygen atoms in total. The largest absolute Gasteiger partial charge is 0.466 e. The third-order valence-electron chi connectivity index (χ3n) is 3.98. The van der Waals surface area contributed by atoms with Gasteiger partial charge in [-0.05, 0) is 41.0 Å². The smallest absolute Gasteiger partial charge is 0.410 e. The molecule has 1 aliphatic heterocycles. The van der Waals surface area contributed by atoms with E-state index in [0.29, 0.717) is 0 Å². The highest BCUT2D eigenvalue weighted by Crippen LogP contribution is 2.34. The maximum absolute atomic E-state index is 12.6. The zero-order chi connectivity index (χ0) is 20.0. The molecule has 0 N–H and O–H groups in total. The Bertz CT molecular complexity index is 552. The van der Waals surface area contributed by atoms with Gasteiger partial charge in [-0.3, -0.25) is 14.4 Å². The molecule has 1 rings (SSSR count). The number of piperidine rings is 1. The number of carbonyl (C=O) groups is 4. The van der Waals surface area contributed by atoms with E-state index in [1.807, 2.05) is 0 Å². The van der Waals surface area contributed by atoms with Crippen molar-refractivity contribution in [2.24, 2.45) is 5.41 Å². The third-order valence-corrected chi connectivity index (χ3v) is 3.98. The number of carbonyl (C=O) groups excluding carboxylic acids is 4. The molecule has 1 saturated heterocycles. The molecule has 1 atom stereocenters. The Morgan fingerprint density at radius 3 is 2.27 bits per heavy atom. The van der Waals surface area contributed by atoms with Gasteiger partial charge in [0.15, 0.2) is 5.78 Å². The molecule has 0 radical (unpaired) electrons. The van der Waals surface area contributed by atoms with Crippen LogP contribution in [-0.4, -0.2) is 60.6 Å². The first-order valence-corrected chi connectivity index (χ1v) is 8.89. The van der Waals surface area contributed by atoms with E-state index in [1.54, 1.807) is 34.6 Å². The predicted octanol–water partition coefficient (Wildman–Crippen LogP) is 2.09. The normalized spacial score (nSPS) is 20.5. The summed E-state index contributed by atoms with van der Waals surface area (Å²) in [5.41, 5.74) is -2.27. The molecular formula is C18H29NO7. The average Bonchev–Trinajstić information content (AvgIpc) is 2.53. The Morgan fingerprint density at radius 2 is 1.73 bits per heavy atom. The summed E-state index contributed by atoms with van der Waals surface area (Å²) in [5, 5.41) is 0. The quantitative estimate of drug-likeness (QED) is 0.400. The summed E-state index contributed by atoms with van der Waals surface area (Å²) < 4.78 is 15.3. The number of ether oxygens (including phenoxy) is 3. The molecular weight excluding hydrogens is 342 g/mol. The predicted molar refractivity (Wildman–Crippen MR) is 92.4 cm³/mol. The molecule has 0 aromatic rings. The summed E-state index contributed by atoms with van der Waals surface area (Å²) in [6, 6.07) is 0. The highest BCUT2D eigenvalue weighted by atomic mass is 16.6. The Balaban J connectivity index is 3.03. The standard InChI is InChI=1S/C18H29NO7/c1-6-24-14(21)8-10-18(15(22)25-7-2)12-19(11-9-13(18)20)16(23)26-17(3,4)5/h6-12H2,1-5H3. The molecule has 1 heterocycles. The molecule has 8 heteroatoms. The molecule has 0 aromatic carbocycles. The van der Waals surface area contributed by atoms with Crippen molar-refractivity contribution in [2.75, 3.05) is 26.3 Å². The number of hydrogen-bond acceptors (Lipinski definition) is 7. The number of nitrogens with zero attached hydrogens (tertiary/aromatic N) is 1. The van der Waals surface area contributed by atoms with Crippen LogP contribution in [0.25, 0.3) is 0 Å². The lowest BCUT2D eigenvalue weighted by molar-refractivity contribution is -0.164. The second-order valence-corrected chi connectivity index (χ2v) is 7.18. The first kappa shape index (κ1) is 21.9. The fourth-order valence-electron chi connectivity index (χ4n) is 2.77. The highest BCUT2D eigenvalue weighted by Gasteiger charge is 2.51. The van der Waals surface area contributed by atoms with Gasteiger partial charge >= 0.3 is 18.0 Å². The summed E-state index contributed by atoms with van der Waals surface area (Å²) in [5.74, 6) is -1.55. The Hall–Kier alpha value is -2.12. The Morgan fingerprint density at radius 1 is 1.12 bits per heavy atom. The van der Waals surface area contributed by atoms with Gasteiger partial charge in [0.1, 0.15) is 11.0 Å². The van der Waals surface area contributed by atoms with E-state index in [0.717, 1.165) is 0 Å². The molecule has 1 unspecified atom stereocenters. The first-order chi connectivity index (χ1) is 12.1. The van der Waals surface area contributed by atoms with Gasteiger partial charge < -0.3 is 19.1 Å². The summed E-state index contributed by atoms with van der Waals surface area (Å²) in [6.45, 7) is 8.82. The van der Waals surface area contributed by atoms with Crippen molar-refractivity contribution in [2.45, 2.75) is 59.5 Å². The number of esters is 2. The SMILES string of the molecule is CCOC(=O)CCC1(C(=O)OCC)CN(C(=O)OC(C)(C)C)CCC1=O. The molecule has 26 heavy (non-hydrogen) atoms. The van der Waals surface area contributed by atoms with E-state index in [9.17, 15) is 19.2 Å². The highest BCUT2D eigenvalue weighted by molar-refractivity contribution is 6.05. The summed E-state index contributed by atoms with van der Waals surface area (Å²) in [6.07, 6.45) is -0.778. The maximum Gasteiger partial charge on any atom is 0.410 e. The van der Waals surface area contributed by atoms with Gasteiger partial charge in [-0.2, -0.15) is 0 Å². The van der Waals surface area contributed by atoms with Crippen molar-refractivity contribution in [1.29, 1.82) is 0 Å². The number of hydrogen-bond donors (Lipinski definition) is 0. The summed E-state index contributed by atoms with van der Waals surface area (Å²) in [4.78, 5) is 50.6. The lowest BCUT2D eigenvalue weighted by Crippen LogP contribution is -2.56. The van der Waals surface area contributed by atoms with Crippen LogP contribution in [0.2, 0.25) is 0 Å². The topological polar surface area (TPSA) is 99.2 Å². The maximum atomic E-state index is 12.6. The molecule has 0 aromatic heterocycles. The minimum absolute atomic E-state index is 0.000876. The molecule has 0 saturated carbocycles. The molecule has 0 aliphatic carbocycles. The van der Waals surface area contributed by atoms with E-state index in [4.69, 9.17) is 14.2 Å². The van der Waals surface area contributed by atoms with Crippen LogP contribution < -0.4 is 0 Å². The number of ketones is 1. The molecule has 1 fully saturated rings. The van der Waals surface area contributed by atoms with Crippen LogP contribution in [0.1, 0.15) is 53.9 Å². The lowest BCUT2D eigenvalue weighted by Gasteiger charge is -2.39. The Labute approximate surface area is 154 Å². The third kappa shape index (κ3) is 5.71. The fourth-order valence-corrected chi connectivity index (χ4v) is 2.77. The molecule has 1 aliphatic rings. The van der Waals surface area contributed by atoms with Crippen LogP contribution in [0.4, 0.5) is 4.79 Å². The second-order valence-electron chi connectivity index (χ2n) is 7.18. The van der Waals surface area contributed by atoms with Crippen LogP contribution in [0.5, 0.6) is 0 Å². The number of Topliss-reactive ketones (excluding diaryl/α,β-unsaturated/α-hetero) is 1. The second kappa shape index (κ2) is 9.00. The minimum atomic E-state index is -1.57. The zero-order valence-electron chi connectivity index (χ0n) is 16.3. The van der Waals surface area contributed by atoms with Crippen LogP contribution >= 0.6 is 0 Å². The van der Waals surface area contributed by atoms with Crippen LogP contribution in [-0.2, 0) is 28.6 Å². The van der Waals surface area contributed by atoms with E-state index in [1.165, 1.54) is 4.90 Å². The van der Waals surface area contributed by atoms with Gasteiger partial charge in [-0.25, -0.2) is 4.79 Å². The molecule has 148 valence electrons. The first-order valence-electron chi connectivity index (χ1n) is 8.89. The Kier molecular flexibility index (Phi) is 7.59. The van der Waals surface area contributed by atoms with Crippen molar-refractivity contribution in [3.63, 3.8) is 0 Å². The van der Waals surface area contributed by atoms with E-state index < -0.39 is 29.0 Å². The van der Waals surface area contributed by atoms with Crippen molar-refractivity contribution >= 4 is 23.8 Å². The van der Waals surface area contributed by atoms with Crippen LogP contribution in [0.15, 0.2) is 0 Å². The van der Waals surface area contributed by atoms with Gasteiger partial charge in [0, 0.05) is 25.9 Å². The average molecular weight is 371 g/mol. The molecule has 1 amide bonds. The molecule has 0 bridgehead atoms. The van der Waals surface area contributed by atoms with Crippen molar-refractivity contribution < 1.29 is 33.4 Å². The van der Waals surface area contributed by atoms with Gasteiger partial charge in [-0.1, -0.05) is 0 Å². The van der Waals surface area contributed by atoms with Crippen molar-refractivity contribution in [3.8, 4) is 0 Å². The summed E-state index contributed by atoms with van der Waals surface area (Å²) in [7, 11) is 0. The monoisotopic (exact) mass is 371 g/mol. The van der Waals surface area contributed by atoms with Gasteiger partial charge in [-0.15, -0.1) is 0 Å². The van der Waals surface area contributed by atoms with Crippen LogP contribution in [0.3, 0.4) is 0 Å². The van der Waals surface area contributed by atoms with Crippen molar-refractivity contribution in [1.82, 2.24) is 4.90 Å². The van der Waals surface area contributed by atoms with E-state index >= 15 is 0 Å². The van der Waals surface area contributed by atoms with Crippen LogP contribution in [0, 0.1) is 5.41 Å². The van der Waals surface area contributed by atoms with Crippen molar-refractivity contribution in [3.05, 3.63) is 0 Å². The number of likely N-dealkylation sites (tertiary alicyclic amines) is 1. The van der Waals surface area contributed by atoms with E-state index in [2.05, 4.69) is 0 Å². The van der Waals surface area contributed by atoms with Gasteiger partial charge in [0.25, 0.3) is 0 Å². The number of rotatable bonds is 6. The van der Waals surface area contributed by atoms with Gasteiger partial charge in [0.05, 0.1) is 13.2 Å². The fraction of sp³-hybridized carbons (Fsp3) is 0.778.